The van der Waals surface area contributed by atoms with Crippen LogP contribution in [0.25, 0.3) is 0 Å². The van der Waals surface area contributed by atoms with Crippen LogP contribution in [0.1, 0.15) is 40.7 Å². The van der Waals surface area contributed by atoms with Crippen molar-refractivity contribution in [1.82, 2.24) is 19.6 Å². The molecule has 2 aromatic rings. The molecule has 0 radical (unpaired) electrons. The maximum absolute atomic E-state index is 13.5. The van der Waals surface area contributed by atoms with Crippen molar-refractivity contribution in [2.24, 2.45) is 5.92 Å². The number of alkyl halides is 3. The molecule has 2 N–H and O–H groups in total. The first-order valence-electron chi connectivity index (χ1n) is 10.9. The highest BCUT2D eigenvalue weighted by Crippen LogP contribution is 2.33. The summed E-state index contributed by atoms with van der Waals surface area (Å²) in [5.74, 6) is -1.89. The van der Waals surface area contributed by atoms with Gasteiger partial charge in [0.05, 0.1) is 23.9 Å². The molecule has 1 aromatic carbocycles. The quantitative estimate of drug-likeness (QED) is 0.657. The van der Waals surface area contributed by atoms with E-state index in [1.807, 2.05) is 6.92 Å². The number of carbonyl (C=O) groups is 2. The van der Waals surface area contributed by atoms with Gasteiger partial charge in [-0.25, -0.2) is 9.18 Å². The summed E-state index contributed by atoms with van der Waals surface area (Å²) in [6.45, 7) is 2.87. The number of halogens is 4. The molecule has 0 saturated carbocycles. The van der Waals surface area contributed by atoms with Crippen molar-refractivity contribution in [3.8, 4) is 0 Å². The third kappa shape index (κ3) is 4.46. The molecule has 184 valence electrons. The number of aliphatic hydroxyl groups is 1. The maximum atomic E-state index is 13.5. The number of anilines is 1. The SMILES string of the molecule is CC[C@@H](O)[C@H]1CN(C)C(=O)c2c3c(nn2C1)CCN(C(=O)Nc1ccc(F)c(C(F)(F)F)c1)C3. The molecule has 3 amide bonds. The molecule has 12 heteroatoms. The first-order valence-corrected chi connectivity index (χ1v) is 10.9. The monoisotopic (exact) mass is 483 g/mol. The summed E-state index contributed by atoms with van der Waals surface area (Å²) in [6.07, 6.45) is -4.59. The number of fused-ring (bicyclic) bond motifs is 3. The average molecular weight is 483 g/mol. The van der Waals surface area contributed by atoms with Crippen LogP contribution in [0.15, 0.2) is 18.2 Å². The molecule has 0 unspecified atom stereocenters. The standard InChI is InChI=1S/C22H25F4N5O3/c1-3-18(32)12-9-29(2)20(33)19-14-11-30(7-6-17(14)28-31(19)10-12)21(34)27-13-4-5-16(23)15(8-13)22(24,25)26/h4-5,8,12,18,32H,3,6-7,9-11H2,1-2H3,(H,27,34)/t12-,18+/m0/s1. The number of hydrogen-bond acceptors (Lipinski definition) is 4. The van der Waals surface area contributed by atoms with Gasteiger partial charge in [-0.1, -0.05) is 6.92 Å². The van der Waals surface area contributed by atoms with Crippen LogP contribution in [0, 0.1) is 11.7 Å². The Bertz CT molecular complexity index is 1120. The summed E-state index contributed by atoms with van der Waals surface area (Å²) in [5.41, 5.74) is -0.0494. The summed E-state index contributed by atoms with van der Waals surface area (Å²) in [4.78, 5) is 28.8. The highest BCUT2D eigenvalue weighted by molar-refractivity contribution is 5.95. The Kier molecular flexibility index (Phi) is 6.28. The number of urea groups is 1. The van der Waals surface area contributed by atoms with Gasteiger partial charge in [0.15, 0.2) is 0 Å². The number of carbonyl (C=O) groups excluding carboxylic acids is 2. The first kappa shape index (κ1) is 24.0. The Morgan fingerprint density at radius 3 is 2.74 bits per heavy atom. The van der Waals surface area contributed by atoms with Gasteiger partial charge in [-0.15, -0.1) is 0 Å². The molecule has 34 heavy (non-hydrogen) atoms. The van der Waals surface area contributed by atoms with Gasteiger partial charge in [-0.05, 0) is 24.6 Å². The minimum atomic E-state index is -4.89. The Balaban J connectivity index is 1.56. The summed E-state index contributed by atoms with van der Waals surface area (Å²) in [6, 6.07) is 1.59. The highest BCUT2D eigenvalue weighted by atomic mass is 19.4. The lowest BCUT2D eigenvalue weighted by Gasteiger charge is -2.28. The van der Waals surface area contributed by atoms with Gasteiger partial charge in [0.1, 0.15) is 11.5 Å². The Labute approximate surface area is 193 Å². The van der Waals surface area contributed by atoms with Gasteiger partial charge >= 0.3 is 12.2 Å². The highest BCUT2D eigenvalue weighted by Gasteiger charge is 2.37. The lowest BCUT2D eigenvalue weighted by Crippen LogP contribution is -2.40. The molecule has 0 fully saturated rings. The molecule has 0 spiro atoms. The van der Waals surface area contributed by atoms with Crippen molar-refractivity contribution < 1.29 is 32.3 Å². The van der Waals surface area contributed by atoms with Crippen LogP contribution in [-0.2, 0) is 25.7 Å². The van der Waals surface area contributed by atoms with Crippen molar-refractivity contribution in [3.05, 3.63) is 46.5 Å². The summed E-state index contributed by atoms with van der Waals surface area (Å²) in [7, 11) is 1.65. The smallest absolute Gasteiger partial charge is 0.393 e. The van der Waals surface area contributed by atoms with Crippen molar-refractivity contribution in [1.29, 1.82) is 0 Å². The number of aromatic nitrogens is 2. The fourth-order valence-electron chi connectivity index (χ4n) is 4.47. The van der Waals surface area contributed by atoms with E-state index in [0.717, 1.165) is 6.07 Å². The first-order chi connectivity index (χ1) is 16.0. The number of aliphatic hydroxyl groups excluding tert-OH is 1. The molecule has 0 bridgehead atoms. The topological polar surface area (TPSA) is 90.7 Å². The van der Waals surface area contributed by atoms with E-state index in [9.17, 15) is 32.3 Å². The minimum absolute atomic E-state index is 0.0460. The molecule has 8 nitrogen and oxygen atoms in total. The lowest BCUT2D eigenvalue weighted by molar-refractivity contribution is -0.139. The minimum Gasteiger partial charge on any atom is -0.393 e. The van der Waals surface area contributed by atoms with Gasteiger partial charge in [-0.3, -0.25) is 9.48 Å². The Hall–Kier alpha value is -3.15. The molecule has 2 aliphatic rings. The van der Waals surface area contributed by atoms with E-state index in [1.54, 1.807) is 11.7 Å². The van der Waals surface area contributed by atoms with E-state index in [1.165, 1.54) is 9.80 Å². The molecule has 1 aromatic heterocycles. The van der Waals surface area contributed by atoms with Crippen molar-refractivity contribution >= 4 is 17.6 Å². The van der Waals surface area contributed by atoms with Crippen molar-refractivity contribution in [3.63, 3.8) is 0 Å². The molecule has 0 saturated heterocycles. The molecule has 0 aliphatic carbocycles. The second kappa shape index (κ2) is 8.90. The van der Waals surface area contributed by atoms with Crippen LogP contribution < -0.4 is 5.32 Å². The van der Waals surface area contributed by atoms with E-state index in [-0.39, 0.29) is 30.6 Å². The van der Waals surface area contributed by atoms with Crippen LogP contribution in [0.2, 0.25) is 0 Å². The van der Waals surface area contributed by atoms with Crippen LogP contribution in [0.5, 0.6) is 0 Å². The number of amides is 3. The number of benzene rings is 1. The van der Waals surface area contributed by atoms with Gasteiger partial charge in [-0.2, -0.15) is 18.3 Å². The number of hydrogen-bond donors (Lipinski definition) is 2. The predicted molar refractivity (Wildman–Crippen MR) is 114 cm³/mol. The second-order valence-electron chi connectivity index (χ2n) is 8.67. The molecular formula is C22H25F4N5O3. The molecule has 3 heterocycles. The fourth-order valence-corrected chi connectivity index (χ4v) is 4.47. The van der Waals surface area contributed by atoms with Crippen LogP contribution in [0.3, 0.4) is 0 Å². The second-order valence-corrected chi connectivity index (χ2v) is 8.67. The summed E-state index contributed by atoms with van der Waals surface area (Å²) in [5, 5.41) is 17.3. The van der Waals surface area contributed by atoms with E-state index in [0.29, 0.717) is 55.0 Å². The summed E-state index contributed by atoms with van der Waals surface area (Å²) >= 11 is 0. The van der Waals surface area contributed by atoms with Crippen molar-refractivity contribution in [2.45, 2.75) is 45.1 Å². The third-order valence-corrected chi connectivity index (χ3v) is 6.34. The van der Waals surface area contributed by atoms with Gasteiger partial charge in [0.25, 0.3) is 5.91 Å². The zero-order chi connectivity index (χ0) is 24.8. The van der Waals surface area contributed by atoms with Gasteiger partial charge < -0.3 is 20.2 Å². The zero-order valence-corrected chi connectivity index (χ0v) is 18.7. The van der Waals surface area contributed by atoms with E-state index in [2.05, 4.69) is 10.4 Å². The number of nitrogens with one attached hydrogen (secondary N) is 1. The lowest BCUT2D eigenvalue weighted by atomic mass is 10.0. The molecule has 4 rings (SSSR count). The van der Waals surface area contributed by atoms with Crippen molar-refractivity contribution in [2.75, 3.05) is 25.5 Å². The maximum Gasteiger partial charge on any atom is 0.419 e. The Morgan fingerprint density at radius 2 is 2.06 bits per heavy atom. The largest absolute Gasteiger partial charge is 0.419 e. The number of nitrogens with zero attached hydrogens (tertiary/aromatic N) is 4. The van der Waals surface area contributed by atoms with Gasteiger partial charge in [0.2, 0.25) is 0 Å². The molecular weight excluding hydrogens is 458 g/mol. The van der Waals surface area contributed by atoms with Crippen LogP contribution >= 0.6 is 0 Å². The summed E-state index contributed by atoms with van der Waals surface area (Å²) < 4.78 is 54.1. The average Bonchev–Trinajstić information content (AvgIpc) is 3.08. The zero-order valence-electron chi connectivity index (χ0n) is 18.7. The van der Waals surface area contributed by atoms with E-state index >= 15 is 0 Å². The van der Waals surface area contributed by atoms with Crippen LogP contribution in [-0.4, -0.2) is 62.9 Å². The van der Waals surface area contributed by atoms with E-state index < -0.39 is 29.7 Å². The van der Waals surface area contributed by atoms with E-state index in [4.69, 9.17) is 0 Å². The molecule has 2 aliphatic heterocycles. The fraction of sp³-hybridized carbons (Fsp3) is 0.500. The predicted octanol–water partition coefficient (Wildman–Crippen LogP) is 3.10. The molecule has 2 atom stereocenters. The van der Waals surface area contributed by atoms with Gasteiger partial charge in [0, 0.05) is 50.3 Å². The van der Waals surface area contributed by atoms with Crippen LogP contribution in [0.4, 0.5) is 28.0 Å². The normalized spacial score (nSPS) is 19.4. The number of rotatable bonds is 3. The Morgan fingerprint density at radius 1 is 1.32 bits per heavy atom. The third-order valence-electron chi connectivity index (χ3n) is 6.34.